The fourth-order valence-corrected chi connectivity index (χ4v) is 4.87. The molecule has 5 nitrogen and oxygen atoms in total. The molecule has 0 radical (unpaired) electrons. The Bertz CT molecular complexity index is 799. The smallest absolute Gasteiger partial charge is 0.348 e. The van der Waals surface area contributed by atoms with E-state index >= 15 is 0 Å². The van der Waals surface area contributed by atoms with Gasteiger partial charge in [-0.05, 0) is 74.4 Å². The Morgan fingerprint density at radius 3 is 2.52 bits per heavy atom. The van der Waals surface area contributed by atoms with Crippen molar-refractivity contribution in [3.8, 4) is 0 Å². The number of hydrogen-bond acceptors (Lipinski definition) is 5. The summed E-state index contributed by atoms with van der Waals surface area (Å²) in [5.41, 5.74) is 3.16. The Hall–Kier alpha value is -2.34. The van der Waals surface area contributed by atoms with Crippen molar-refractivity contribution >= 4 is 34.6 Å². The van der Waals surface area contributed by atoms with Crippen LogP contribution in [0.2, 0.25) is 0 Å². The Morgan fingerprint density at radius 1 is 1.04 bits per heavy atom. The second-order valence-corrected chi connectivity index (χ2v) is 8.27. The molecule has 0 bridgehead atoms. The minimum absolute atomic E-state index is 0.269. The van der Waals surface area contributed by atoms with Crippen molar-refractivity contribution < 1.29 is 14.3 Å². The average Bonchev–Trinajstić information content (AvgIpc) is 3.36. The van der Waals surface area contributed by atoms with Crippen molar-refractivity contribution in [3.63, 3.8) is 0 Å². The first-order valence-electron chi connectivity index (χ1n) is 9.62. The van der Waals surface area contributed by atoms with Crippen LogP contribution in [0.15, 0.2) is 30.3 Å². The monoisotopic (exact) mass is 384 g/mol. The van der Waals surface area contributed by atoms with Crippen molar-refractivity contribution in [3.05, 3.63) is 45.6 Å². The summed E-state index contributed by atoms with van der Waals surface area (Å²) >= 11 is 1.50. The van der Waals surface area contributed by atoms with Crippen LogP contribution in [-0.2, 0) is 22.4 Å². The number of anilines is 2. The number of ether oxygens (including phenoxy) is 1. The molecule has 0 saturated carbocycles. The van der Waals surface area contributed by atoms with E-state index in [1.165, 1.54) is 53.1 Å². The first-order chi connectivity index (χ1) is 13.2. The summed E-state index contributed by atoms with van der Waals surface area (Å²) in [5, 5.41) is 2.78. The van der Waals surface area contributed by atoms with Gasteiger partial charge >= 0.3 is 5.97 Å². The van der Waals surface area contributed by atoms with Gasteiger partial charge in [-0.25, -0.2) is 4.79 Å². The second kappa shape index (κ2) is 8.13. The van der Waals surface area contributed by atoms with Crippen LogP contribution in [0, 0.1) is 0 Å². The van der Waals surface area contributed by atoms with Gasteiger partial charge in [0, 0.05) is 29.3 Å². The predicted octanol–water partition coefficient (Wildman–Crippen LogP) is 4.02. The molecule has 2 aromatic rings. The van der Waals surface area contributed by atoms with Crippen molar-refractivity contribution in [2.75, 3.05) is 29.9 Å². The number of benzene rings is 1. The molecule has 1 aliphatic heterocycles. The molecule has 2 heterocycles. The summed E-state index contributed by atoms with van der Waals surface area (Å²) < 4.78 is 5.20. The van der Waals surface area contributed by atoms with Gasteiger partial charge < -0.3 is 15.0 Å². The number of nitrogens with zero attached hydrogens (tertiary/aromatic N) is 1. The molecule has 1 fully saturated rings. The minimum atomic E-state index is -0.408. The Morgan fingerprint density at radius 2 is 1.78 bits per heavy atom. The number of aryl methyl sites for hydroxylation is 2. The van der Waals surface area contributed by atoms with E-state index in [4.69, 9.17) is 4.74 Å². The molecule has 1 saturated heterocycles. The highest BCUT2D eigenvalue weighted by atomic mass is 32.1. The van der Waals surface area contributed by atoms with Gasteiger partial charge in [0.15, 0.2) is 6.61 Å². The lowest BCUT2D eigenvalue weighted by atomic mass is 9.99. The van der Waals surface area contributed by atoms with Crippen LogP contribution >= 0.6 is 11.3 Å². The van der Waals surface area contributed by atoms with E-state index in [2.05, 4.69) is 10.2 Å². The van der Waals surface area contributed by atoms with Crippen LogP contribution in [-0.4, -0.2) is 31.6 Å². The Balaban J connectivity index is 1.27. The number of carbonyl (C=O) groups is 2. The van der Waals surface area contributed by atoms with Gasteiger partial charge in [0.1, 0.15) is 4.88 Å². The molecule has 27 heavy (non-hydrogen) atoms. The van der Waals surface area contributed by atoms with Gasteiger partial charge in [0.05, 0.1) is 0 Å². The third-order valence-corrected chi connectivity index (χ3v) is 6.37. The molecular formula is C21H24N2O3S. The molecule has 0 spiro atoms. The zero-order valence-electron chi connectivity index (χ0n) is 15.3. The highest BCUT2D eigenvalue weighted by Crippen LogP contribution is 2.30. The molecular weight excluding hydrogens is 360 g/mol. The summed E-state index contributed by atoms with van der Waals surface area (Å²) in [6.07, 6.45) is 6.90. The lowest BCUT2D eigenvalue weighted by Gasteiger charge is -2.17. The van der Waals surface area contributed by atoms with E-state index in [0.29, 0.717) is 10.6 Å². The summed E-state index contributed by atoms with van der Waals surface area (Å²) in [6, 6.07) is 9.74. The molecule has 0 atom stereocenters. The third-order valence-electron chi connectivity index (χ3n) is 5.15. The number of esters is 1. The molecule has 1 N–H and O–H groups in total. The third kappa shape index (κ3) is 4.33. The number of thiophene rings is 1. The Kier molecular flexibility index (Phi) is 5.43. The fraction of sp³-hybridized carbons (Fsp3) is 0.429. The number of amides is 1. The predicted molar refractivity (Wildman–Crippen MR) is 108 cm³/mol. The first kappa shape index (κ1) is 18.0. The summed E-state index contributed by atoms with van der Waals surface area (Å²) in [7, 11) is 0. The van der Waals surface area contributed by atoms with Gasteiger partial charge in [-0.1, -0.05) is 0 Å². The lowest BCUT2D eigenvalue weighted by Crippen LogP contribution is -2.21. The molecule has 1 amide bonds. The van der Waals surface area contributed by atoms with Gasteiger partial charge in [-0.2, -0.15) is 0 Å². The number of fused-ring (bicyclic) bond motifs is 1. The van der Waals surface area contributed by atoms with Gasteiger partial charge in [-0.15, -0.1) is 11.3 Å². The summed E-state index contributed by atoms with van der Waals surface area (Å²) in [5.74, 6) is -0.729. The molecule has 4 rings (SSSR count). The average molecular weight is 385 g/mol. The number of carbonyl (C=O) groups excluding carboxylic acids is 2. The topological polar surface area (TPSA) is 58.6 Å². The Labute approximate surface area is 163 Å². The molecule has 1 aromatic heterocycles. The van der Waals surface area contributed by atoms with Crippen LogP contribution < -0.4 is 10.2 Å². The van der Waals surface area contributed by atoms with Crippen molar-refractivity contribution in [1.82, 2.24) is 0 Å². The number of rotatable bonds is 5. The summed E-state index contributed by atoms with van der Waals surface area (Å²) in [6.45, 7) is 1.91. The van der Waals surface area contributed by atoms with E-state index < -0.39 is 5.97 Å². The van der Waals surface area contributed by atoms with Crippen molar-refractivity contribution in [2.24, 2.45) is 0 Å². The zero-order valence-corrected chi connectivity index (χ0v) is 16.1. The van der Waals surface area contributed by atoms with Crippen molar-refractivity contribution in [2.45, 2.75) is 38.5 Å². The van der Waals surface area contributed by atoms with Crippen LogP contribution in [0.25, 0.3) is 0 Å². The fourth-order valence-electron chi connectivity index (χ4n) is 3.72. The van der Waals surface area contributed by atoms with Crippen LogP contribution in [0.4, 0.5) is 11.4 Å². The van der Waals surface area contributed by atoms with E-state index in [-0.39, 0.29) is 12.5 Å². The quantitative estimate of drug-likeness (QED) is 0.791. The molecule has 1 aliphatic carbocycles. The zero-order chi connectivity index (χ0) is 18.6. The standard InChI is InChI=1S/C21H24N2O3S/c24-20(22-16-7-9-17(10-8-16)23-11-3-4-12-23)14-26-21(25)19-13-15-5-1-2-6-18(15)27-19/h7-10,13H,1-6,11-12,14H2,(H,22,24). The first-order valence-corrected chi connectivity index (χ1v) is 10.4. The normalized spacial score (nSPS) is 16.1. The minimum Gasteiger partial charge on any atom is -0.451 e. The SMILES string of the molecule is O=C(COC(=O)c1cc2c(s1)CCCC2)Nc1ccc(N2CCCC2)cc1. The largest absolute Gasteiger partial charge is 0.451 e. The number of hydrogen-bond donors (Lipinski definition) is 1. The molecule has 2 aliphatic rings. The van der Waals surface area contributed by atoms with Crippen LogP contribution in [0.3, 0.4) is 0 Å². The van der Waals surface area contributed by atoms with E-state index in [1.54, 1.807) is 0 Å². The second-order valence-electron chi connectivity index (χ2n) is 7.13. The number of nitrogens with one attached hydrogen (secondary N) is 1. The molecule has 1 aromatic carbocycles. The van der Waals surface area contributed by atoms with Gasteiger partial charge in [0.25, 0.3) is 5.91 Å². The lowest BCUT2D eigenvalue weighted by molar-refractivity contribution is -0.119. The highest BCUT2D eigenvalue weighted by molar-refractivity contribution is 7.14. The van der Waals surface area contributed by atoms with Gasteiger partial charge in [-0.3, -0.25) is 4.79 Å². The summed E-state index contributed by atoms with van der Waals surface area (Å²) in [4.78, 5) is 28.5. The van der Waals surface area contributed by atoms with Crippen LogP contribution in [0.1, 0.15) is 45.8 Å². The molecule has 6 heteroatoms. The van der Waals surface area contributed by atoms with Crippen molar-refractivity contribution in [1.29, 1.82) is 0 Å². The van der Waals surface area contributed by atoms with E-state index in [0.717, 1.165) is 25.9 Å². The molecule has 142 valence electrons. The van der Waals surface area contributed by atoms with E-state index in [1.807, 2.05) is 30.3 Å². The maximum absolute atomic E-state index is 12.2. The highest BCUT2D eigenvalue weighted by Gasteiger charge is 2.19. The molecule has 0 unspecified atom stereocenters. The maximum atomic E-state index is 12.2. The van der Waals surface area contributed by atoms with E-state index in [9.17, 15) is 9.59 Å². The van der Waals surface area contributed by atoms with Crippen LogP contribution in [0.5, 0.6) is 0 Å². The maximum Gasteiger partial charge on any atom is 0.348 e. The van der Waals surface area contributed by atoms with Gasteiger partial charge in [0.2, 0.25) is 0 Å².